The smallest absolute Gasteiger partial charge is 0.154 e. The monoisotopic (exact) mass is 375 g/mol. The number of ether oxygens (including phenoxy) is 2. The fourth-order valence-electron chi connectivity index (χ4n) is 2.95. The summed E-state index contributed by atoms with van der Waals surface area (Å²) in [7, 11) is 3.23. The molecule has 0 saturated carbocycles. The molecular weight excluding hydrogens is 357 g/mol. The molecule has 0 aliphatic carbocycles. The molecule has 0 spiro atoms. The molecule has 1 aliphatic heterocycles. The third-order valence-corrected chi connectivity index (χ3v) is 4.45. The van der Waals surface area contributed by atoms with E-state index in [1.165, 1.54) is 12.1 Å². The van der Waals surface area contributed by atoms with E-state index in [1.54, 1.807) is 26.4 Å². The number of methoxy groups -OCH3 is 2. The molecule has 3 aromatic rings. The summed E-state index contributed by atoms with van der Waals surface area (Å²) in [4.78, 5) is 4.75. The molecule has 140 valence electrons. The van der Waals surface area contributed by atoms with Crippen LogP contribution in [0.15, 0.2) is 76.8 Å². The summed E-state index contributed by atoms with van der Waals surface area (Å²) in [5.74, 6) is 1.76. The second-order valence-electron chi connectivity index (χ2n) is 6.15. The molecule has 0 unspecified atom stereocenters. The van der Waals surface area contributed by atoms with Crippen molar-refractivity contribution in [2.45, 2.75) is 0 Å². The van der Waals surface area contributed by atoms with Gasteiger partial charge in [-0.25, -0.2) is 9.38 Å². The van der Waals surface area contributed by atoms with Gasteiger partial charge in [0.05, 0.1) is 19.9 Å². The Kier molecular flexibility index (Phi) is 4.76. The number of benzene rings is 3. The Morgan fingerprint density at radius 1 is 0.786 bits per heavy atom. The van der Waals surface area contributed by atoms with Crippen molar-refractivity contribution in [3.63, 3.8) is 0 Å². The summed E-state index contributed by atoms with van der Waals surface area (Å²) in [5.41, 5.74) is 6.87. The van der Waals surface area contributed by atoms with Gasteiger partial charge in [0.2, 0.25) is 0 Å². The average molecular weight is 375 g/mol. The third kappa shape index (κ3) is 3.44. The van der Waals surface area contributed by atoms with Crippen LogP contribution in [-0.4, -0.2) is 25.8 Å². The summed E-state index contributed by atoms with van der Waals surface area (Å²) >= 11 is 0. The third-order valence-electron chi connectivity index (χ3n) is 4.45. The van der Waals surface area contributed by atoms with E-state index in [0.29, 0.717) is 17.3 Å². The Bertz CT molecular complexity index is 1060. The largest absolute Gasteiger partial charge is 0.497 e. The van der Waals surface area contributed by atoms with E-state index in [4.69, 9.17) is 14.5 Å². The second-order valence-corrected chi connectivity index (χ2v) is 6.15. The molecule has 0 bridgehead atoms. The molecule has 5 nitrogen and oxygen atoms in total. The number of hydrogen-bond acceptors (Lipinski definition) is 5. The minimum Gasteiger partial charge on any atom is -0.497 e. The van der Waals surface area contributed by atoms with Crippen molar-refractivity contribution in [3.8, 4) is 11.5 Å². The normalized spacial score (nSPS) is 12.8. The molecular formula is C22H18FN3O2. The predicted molar refractivity (Wildman–Crippen MR) is 107 cm³/mol. The van der Waals surface area contributed by atoms with Gasteiger partial charge in [0.25, 0.3) is 0 Å². The van der Waals surface area contributed by atoms with Crippen LogP contribution in [0.25, 0.3) is 0 Å². The van der Waals surface area contributed by atoms with Gasteiger partial charge in [0.1, 0.15) is 23.0 Å². The molecule has 0 radical (unpaired) electrons. The summed E-state index contributed by atoms with van der Waals surface area (Å²) in [6.07, 6.45) is 0. The van der Waals surface area contributed by atoms with Gasteiger partial charge in [-0.3, -0.25) is 5.43 Å². The highest BCUT2D eigenvalue weighted by molar-refractivity contribution is 6.18. The molecule has 1 aliphatic rings. The summed E-state index contributed by atoms with van der Waals surface area (Å²) in [5, 5.41) is 4.57. The lowest BCUT2D eigenvalue weighted by Gasteiger charge is -2.09. The lowest BCUT2D eigenvalue weighted by atomic mass is 10.0. The first-order valence-corrected chi connectivity index (χ1v) is 8.69. The van der Waals surface area contributed by atoms with Gasteiger partial charge < -0.3 is 9.47 Å². The number of amidine groups is 1. The quantitative estimate of drug-likeness (QED) is 0.741. The number of fused-ring (bicyclic) bond motifs is 1. The van der Waals surface area contributed by atoms with Crippen molar-refractivity contribution in [2.24, 2.45) is 10.1 Å². The van der Waals surface area contributed by atoms with Crippen LogP contribution in [-0.2, 0) is 0 Å². The lowest BCUT2D eigenvalue weighted by molar-refractivity contribution is 0.414. The van der Waals surface area contributed by atoms with Crippen LogP contribution in [0.5, 0.6) is 11.5 Å². The molecule has 3 aromatic carbocycles. The number of halogens is 1. The van der Waals surface area contributed by atoms with Gasteiger partial charge in [-0.15, -0.1) is 0 Å². The molecule has 28 heavy (non-hydrogen) atoms. The highest BCUT2D eigenvalue weighted by Gasteiger charge is 2.18. The maximum atomic E-state index is 13.4. The standard InChI is InChI=1S/C22H18FN3O2/c1-27-17-9-5-15(6-10-17)22-24-20-12-11-18(28-2)13-19(20)21(25-26-22)14-3-7-16(23)8-4-14/h3-13H,1-2H3,(H,24,26). The molecule has 0 aromatic heterocycles. The average Bonchev–Trinajstić information content (AvgIpc) is 2.93. The van der Waals surface area contributed by atoms with Crippen LogP contribution < -0.4 is 14.9 Å². The number of nitrogens with one attached hydrogen (secondary N) is 1. The second kappa shape index (κ2) is 7.52. The molecule has 1 heterocycles. The number of aliphatic imine (C=N–C) groups is 1. The first-order valence-electron chi connectivity index (χ1n) is 8.69. The predicted octanol–water partition coefficient (Wildman–Crippen LogP) is 4.28. The van der Waals surface area contributed by atoms with E-state index in [0.717, 1.165) is 28.1 Å². The maximum Gasteiger partial charge on any atom is 0.154 e. The van der Waals surface area contributed by atoms with E-state index in [9.17, 15) is 4.39 Å². The Hall–Kier alpha value is -3.67. The van der Waals surface area contributed by atoms with Crippen LogP contribution in [0.1, 0.15) is 16.7 Å². The maximum absolute atomic E-state index is 13.4. The summed E-state index contributed by atoms with van der Waals surface area (Å²) in [6.45, 7) is 0. The molecule has 1 N–H and O–H groups in total. The van der Waals surface area contributed by atoms with Crippen LogP contribution in [0.4, 0.5) is 10.1 Å². The van der Waals surface area contributed by atoms with E-state index >= 15 is 0 Å². The molecule has 0 amide bonds. The van der Waals surface area contributed by atoms with Gasteiger partial charge >= 0.3 is 0 Å². The van der Waals surface area contributed by atoms with Gasteiger partial charge in [-0.05, 0) is 66.7 Å². The molecule has 6 heteroatoms. The van der Waals surface area contributed by atoms with Crippen molar-refractivity contribution in [1.82, 2.24) is 5.43 Å². The highest BCUT2D eigenvalue weighted by atomic mass is 19.1. The zero-order chi connectivity index (χ0) is 19.5. The van der Waals surface area contributed by atoms with Crippen LogP contribution >= 0.6 is 0 Å². The topological polar surface area (TPSA) is 55.2 Å². The van der Waals surface area contributed by atoms with Gasteiger partial charge in [-0.1, -0.05) is 0 Å². The summed E-state index contributed by atoms with van der Waals surface area (Å²) < 4.78 is 24.0. The van der Waals surface area contributed by atoms with Crippen molar-refractivity contribution < 1.29 is 13.9 Å². The Labute approximate surface area is 162 Å². The SMILES string of the molecule is COc1ccc(C2=Nc3ccc(OC)cc3C(c3ccc(F)cc3)=NN2)cc1. The Balaban J connectivity index is 1.83. The van der Waals surface area contributed by atoms with Crippen molar-refractivity contribution in [2.75, 3.05) is 14.2 Å². The fraction of sp³-hybridized carbons (Fsp3) is 0.0909. The zero-order valence-electron chi connectivity index (χ0n) is 15.4. The Morgan fingerprint density at radius 3 is 2.11 bits per heavy atom. The summed E-state index contributed by atoms with van der Waals surface area (Å²) in [6, 6.07) is 19.4. The van der Waals surface area contributed by atoms with Gasteiger partial charge in [-0.2, -0.15) is 5.10 Å². The number of nitrogens with zero attached hydrogens (tertiary/aromatic N) is 2. The molecule has 0 fully saturated rings. The van der Waals surface area contributed by atoms with E-state index in [1.807, 2.05) is 42.5 Å². The molecule has 0 atom stereocenters. The van der Waals surface area contributed by atoms with E-state index in [-0.39, 0.29) is 5.82 Å². The van der Waals surface area contributed by atoms with Crippen molar-refractivity contribution >= 4 is 17.2 Å². The lowest BCUT2D eigenvalue weighted by Crippen LogP contribution is -2.19. The highest BCUT2D eigenvalue weighted by Crippen LogP contribution is 2.29. The van der Waals surface area contributed by atoms with Crippen LogP contribution in [0.2, 0.25) is 0 Å². The first kappa shape index (κ1) is 17.7. The van der Waals surface area contributed by atoms with Crippen LogP contribution in [0, 0.1) is 5.82 Å². The van der Waals surface area contributed by atoms with E-state index < -0.39 is 0 Å². The van der Waals surface area contributed by atoms with Crippen molar-refractivity contribution in [3.05, 3.63) is 89.2 Å². The molecule has 0 saturated heterocycles. The van der Waals surface area contributed by atoms with Crippen molar-refractivity contribution in [1.29, 1.82) is 0 Å². The first-order chi connectivity index (χ1) is 13.7. The fourth-order valence-corrected chi connectivity index (χ4v) is 2.95. The van der Waals surface area contributed by atoms with Crippen LogP contribution in [0.3, 0.4) is 0 Å². The number of rotatable bonds is 4. The zero-order valence-corrected chi connectivity index (χ0v) is 15.4. The minimum atomic E-state index is -0.299. The number of hydrazone groups is 1. The number of hydrogen-bond donors (Lipinski definition) is 1. The Morgan fingerprint density at radius 2 is 1.43 bits per heavy atom. The van der Waals surface area contributed by atoms with Gasteiger partial charge in [0, 0.05) is 16.7 Å². The minimum absolute atomic E-state index is 0.299. The van der Waals surface area contributed by atoms with E-state index in [2.05, 4.69) is 10.5 Å². The van der Waals surface area contributed by atoms with Gasteiger partial charge in [0.15, 0.2) is 5.84 Å². The molecule has 4 rings (SSSR count).